The quantitative estimate of drug-likeness (QED) is 0.518. The molecule has 31 heavy (non-hydrogen) atoms. The molecule has 1 aromatic carbocycles. The summed E-state index contributed by atoms with van der Waals surface area (Å²) in [5, 5.41) is 0.319. The van der Waals surface area contributed by atoms with E-state index in [0.717, 1.165) is 11.1 Å². The summed E-state index contributed by atoms with van der Waals surface area (Å²) in [4.78, 5) is 38.2. The molecule has 0 unspecified atom stereocenters. The minimum Gasteiger partial charge on any atom is -0.487 e. The van der Waals surface area contributed by atoms with Gasteiger partial charge in [0.1, 0.15) is 23.1 Å². The SMILES string of the molecule is C.O=c1[nH]/c(=C\c2ccc(OCc3ccncc3)cn2)c(=O)[nH]/c1=C\c1ccccc1. The highest BCUT2D eigenvalue weighted by Gasteiger charge is 2.00. The van der Waals surface area contributed by atoms with Crippen LogP contribution < -0.4 is 26.6 Å². The van der Waals surface area contributed by atoms with Gasteiger partial charge >= 0.3 is 0 Å². The van der Waals surface area contributed by atoms with Crippen LogP contribution in [0.4, 0.5) is 0 Å². The van der Waals surface area contributed by atoms with Crippen molar-refractivity contribution in [3.05, 3.63) is 121 Å². The molecule has 0 fully saturated rings. The third kappa shape index (κ3) is 5.63. The number of nitrogens with one attached hydrogen (secondary N) is 2. The van der Waals surface area contributed by atoms with E-state index in [-0.39, 0.29) is 23.7 Å². The number of hydrogen-bond donors (Lipinski definition) is 2. The van der Waals surface area contributed by atoms with E-state index < -0.39 is 5.56 Å². The minimum atomic E-state index is -0.406. The lowest BCUT2D eigenvalue weighted by Gasteiger charge is -2.05. The maximum atomic E-state index is 12.4. The molecule has 3 aromatic heterocycles. The highest BCUT2D eigenvalue weighted by Crippen LogP contribution is 2.11. The number of benzene rings is 1. The van der Waals surface area contributed by atoms with Crippen molar-refractivity contribution < 1.29 is 4.74 Å². The van der Waals surface area contributed by atoms with Gasteiger partial charge in [0, 0.05) is 12.4 Å². The second-order valence-electron chi connectivity index (χ2n) is 6.50. The fourth-order valence-electron chi connectivity index (χ4n) is 2.77. The Morgan fingerprint density at radius 2 is 1.52 bits per heavy atom. The van der Waals surface area contributed by atoms with E-state index in [2.05, 4.69) is 19.9 Å². The molecule has 0 aliphatic heterocycles. The maximum Gasteiger partial charge on any atom is 0.272 e. The van der Waals surface area contributed by atoms with Gasteiger partial charge in [0.25, 0.3) is 11.1 Å². The number of ether oxygens (including phenoxy) is 1. The predicted molar refractivity (Wildman–Crippen MR) is 120 cm³/mol. The third-order valence-electron chi connectivity index (χ3n) is 4.30. The van der Waals surface area contributed by atoms with Crippen LogP contribution in [-0.4, -0.2) is 19.9 Å². The number of pyridine rings is 2. The monoisotopic (exact) mass is 414 g/mol. The summed E-state index contributed by atoms with van der Waals surface area (Å²) >= 11 is 0. The predicted octanol–water partition coefficient (Wildman–Crippen LogP) is 1.73. The Bertz CT molecular complexity index is 1360. The smallest absolute Gasteiger partial charge is 0.272 e. The Labute approximate surface area is 178 Å². The zero-order chi connectivity index (χ0) is 20.8. The molecule has 0 bridgehead atoms. The second kappa shape index (κ2) is 9.98. The average molecular weight is 414 g/mol. The molecule has 0 atom stereocenters. The van der Waals surface area contributed by atoms with Crippen molar-refractivity contribution in [3.63, 3.8) is 0 Å². The average Bonchev–Trinajstić information content (AvgIpc) is 2.78. The first-order chi connectivity index (χ1) is 14.7. The van der Waals surface area contributed by atoms with Crippen molar-refractivity contribution in [2.45, 2.75) is 14.0 Å². The fraction of sp³-hybridized carbons (Fsp3) is 0.0833. The van der Waals surface area contributed by atoms with Gasteiger partial charge in [-0.15, -0.1) is 0 Å². The van der Waals surface area contributed by atoms with Crippen LogP contribution in [-0.2, 0) is 6.61 Å². The van der Waals surface area contributed by atoms with Crippen molar-refractivity contribution in [3.8, 4) is 5.75 Å². The Morgan fingerprint density at radius 1 is 0.839 bits per heavy atom. The van der Waals surface area contributed by atoms with Gasteiger partial charge in [-0.2, -0.15) is 0 Å². The lowest BCUT2D eigenvalue weighted by Crippen LogP contribution is -2.46. The van der Waals surface area contributed by atoms with Crippen molar-refractivity contribution in [1.29, 1.82) is 0 Å². The Kier molecular flexibility index (Phi) is 6.90. The third-order valence-corrected chi connectivity index (χ3v) is 4.30. The first-order valence-corrected chi connectivity index (χ1v) is 9.26. The molecule has 156 valence electrons. The summed E-state index contributed by atoms with van der Waals surface area (Å²) in [6.45, 7) is 0.402. The molecule has 7 heteroatoms. The van der Waals surface area contributed by atoms with E-state index in [1.54, 1.807) is 36.8 Å². The molecule has 2 N–H and O–H groups in total. The Morgan fingerprint density at radius 3 is 2.16 bits per heavy atom. The van der Waals surface area contributed by atoms with E-state index in [4.69, 9.17) is 4.74 Å². The molecule has 0 aliphatic rings. The topological polar surface area (TPSA) is 101 Å². The zero-order valence-corrected chi connectivity index (χ0v) is 15.9. The largest absolute Gasteiger partial charge is 0.487 e. The molecule has 0 saturated carbocycles. The Hall–Kier alpha value is -4.26. The molecule has 0 aliphatic carbocycles. The molecular formula is C24H22N4O3. The van der Waals surface area contributed by atoms with Gasteiger partial charge in [0.15, 0.2) is 0 Å². The van der Waals surface area contributed by atoms with Gasteiger partial charge in [-0.1, -0.05) is 37.8 Å². The Balaban J connectivity index is 0.00000272. The van der Waals surface area contributed by atoms with Gasteiger partial charge in [0.05, 0.1) is 11.9 Å². The number of aromatic amines is 2. The second-order valence-corrected chi connectivity index (χ2v) is 6.50. The number of rotatable bonds is 5. The van der Waals surface area contributed by atoms with Crippen molar-refractivity contribution in [2.24, 2.45) is 0 Å². The van der Waals surface area contributed by atoms with E-state index in [1.807, 2.05) is 42.5 Å². The molecule has 7 nitrogen and oxygen atoms in total. The van der Waals surface area contributed by atoms with Crippen molar-refractivity contribution in [2.75, 3.05) is 0 Å². The van der Waals surface area contributed by atoms with Crippen LogP contribution in [0, 0.1) is 0 Å². The standard InChI is InChI=1S/C23H18N4O3.CH4/c28-22-20(12-16-4-2-1-3-5-16)26-23(29)21(27-22)13-18-6-7-19(14-25-18)30-15-17-8-10-24-11-9-17;/h1-14H,15H2,(H,26,29)(H,27,28);1H4/b20-12-,21-13-;. The van der Waals surface area contributed by atoms with Crippen LogP contribution in [0.2, 0.25) is 0 Å². The highest BCUT2D eigenvalue weighted by atomic mass is 16.5. The van der Waals surface area contributed by atoms with Gasteiger partial charge < -0.3 is 14.7 Å². The van der Waals surface area contributed by atoms with E-state index in [1.165, 1.54) is 6.08 Å². The highest BCUT2D eigenvalue weighted by molar-refractivity contribution is 5.48. The van der Waals surface area contributed by atoms with E-state index >= 15 is 0 Å². The van der Waals surface area contributed by atoms with Gasteiger partial charge in [-0.3, -0.25) is 19.6 Å². The maximum absolute atomic E-state index is 12.4. The zero-order valence-electron chi connectivity index (χ0n) is 15.9. The van der Waals surface area contributed by atoms with Crippen LogP contribution in [0.25, 0.3) is 12.2 Å². The first-order valence-electron chi connectivity index (χ1n) is 9.26. The van der Waals surface area contributed by atoms with Crippen LogP contribution in [0.15, 0.2) is 82.8 Å². The molecular weight excluding hydrogens is 392 g/mol. The number of hydrogen-bond acceptors (Lipinski definition) is 5. The molecule has 0 spiro atoms. The molecule has 3 heterocycles. The van der Waals surface area contributed by atoms with Gasteiger partial charge in [-0.25, -0.2) is 0 Å². The van der Waals surface area contributed by atoms with Crippen LogP contribution >= 0.6 is 0 Å². The normalized spacial score (nSPS) is 11.7. The number of aromatic nitrogens is 4. The summed E-state index contributed by atoms with van der Waals surface area (Å²) < 4.78 is 5.68. The fourth-order valence-corrected chi connectivity index (χ4v) is 2.77. The summed E-state index contributed by atoms with van der Waals surface area (Å²) in [5.41, 5.74) is 1.54. The molecule has 0 radical (unpaired) electrons. The van der Waals surface area contributed by atoms with Crippen LogP contribution in [0.3, 0.4) is 0 Å². The summed E-state index contributed by atoms with van der Waals surface area (Å²) in [6, 6.07) is 16.5. The van der Waals surface area contributed by atoms with Crippen LogP contribution in [0.1, 0.15) is 24.2 Å². The van der Waals surface area contributed by atoms with E-state index in [0.29, 0.717) is 18.1 Å². The molecule has 0 amide bonds. The first kappa shape index (κ1) is 21.4. The summed E-state index contributed by atoms with van der Waals surface area (Å²) in [7, 11) is 0. The summed E-state index contributed by atoms with van der Waals surface area (Å²) in [6.07, 6.45) is 8.11. The number of nitrogens with zero attached hydrogens (tertiary/aromatic N) is 2. The summed E-state index contributed by atoms with van der Waals surface area (Å²) in [5.74, 6) is 0.596. The van der Waals surface area contributed by atoms with Crippen molar-refractivity contribution >= 4 is 12.2 Å². The van der Waals surface area contributed by atoms with Gasteiger partial charge in [-0.05, 0) is 47.5 Å². The molecule has 4 rings (SSSR count). The lowest BCUT2D eigenvalue weighted by molar-refractivity contribution is 0.305. The van der Waals surface area contributed by atoms with E-state index in [9.17, 15) is 9.59 Å². The minimum absolute atomic E-state index is 0. The van der Waals surface area contributed by atoms with Gasteiger partial charge in [0.2, 0.25) is 0 Å². The van der Waals surface area contributed by atoms with Crippen molar-refractivity contribution in [1.82, 2.24) is 19.9 Å². The number of H-pyrrole nitrogens is 2. The molecule has 4 aromatic rings. The van der Waals surface area contributed by atoms with Crippen LogP contribution in [0.5, 0.6) is 5.75 Å². The lowest BCUT2D eigenvalue weighted by atomic mass is 10.2. The molecule has 0 saturated heterocycles.